The van der Waals surface area contributed by atoms with Gasteiger partial charge in [-0.15, -0.1) is 0 Å². The minimum absolute atomic E-state index is 0.0306. The van der Waals surface area contributed by atoms with Gasteiger partial charge in [-0.2, -0.15) is 5.10 Å². The number of carbonyl (C=O) groups is 3. The molecule has 9 heteroatoms. The zero-order valence-corrected chi connectivity index (χ0v) is 18.8. The van der Waals surface area contributed by atoms with Crippen molar-refractivity contribution in [2.45, 2.75) is 38.1 Å². The van der Waals surface area contributed by atoms with Gasteiger partial charge in [-0.05, 0) is 61.4 Å². The standard InChI is InChI=1S/C16H13N5O2.C9H15NO/c17-15(22)10-4-6-11(7-5-10)19-16(23)14-3-1-2-12(20-14)13-8-9-18-21-13;1-2-9(11)10-8-6-4-3-5-7-8/h1-9H,(H2,17,22)(H,18,21)(H,19,23);2,8H,1,3-7H2,(H,10,11). The van der Waals surface area contributed by atoms with E-state index in [9.17, 15) is 14.4 Å². The molecule has 1 aliphatic rings. The highest BCUT2D eigenvalue weighted by molar-refractivity contribution is 6.03. The maximum atomic E-state index is 12.3. The number of aromatic nitrogens is 3. The summed E-state index contributed by atoms with van der Waals surface area (Å²) < 4.78 is 0. The number of benzene rings is 1. The zero-order chi connectivity index (χ0) is 24.3. The lowest BCUT2D eigenvalue weighted by atomic mass is 9.95. The smallest absolute Gasteiger partial charge is 0.274 e. The highest BCUT2D eigenvalue weighted by Crippen LogP contribution is 2.17. The first-order valence-corrected chi connectivity index (χ1v) is 11.1. The molecule has 0 bridgehead atoms. The van der Waals surface area contributed by atoms with Crippen LogP contribution >= 0.6 is 0 Å². The van der Waals surface area contributed by atoms with E-state index >= 15 is 0 Å². The molecule has 0 spiro atoms. The fraction of sp³-hybridized carbons (Fsp3) is 0.240. The van der Waals surface area contributed by atoms with Crippen molar-refractivity contribution in [1.82, 2.24) is 20.5 Å². The van der Waals surface area contributed by atoms with Gasteiger partial charge in [0.05, 0.1) is 11.4 Å². The number of rotatable bonds is 6. The van der Waals surface area contributed by atoms with Crippen LogP contribution in [0.1, 0.15) is 53.0 Å². The van der Waals surface area contributed by atoms with Gasteiger partial charge in [-0.3, -0.25) is 19.5 Å². The van der Waals surface area contributed by atoms with E-state index in [0.717, 1.165) is 18.5 Å². The number of aromatic amines is 1. The molecule has 1 fully saturated rings. The Balaban J connectivity index is 0.000000248. The number of nitrogens with one attached hydrogen (secondary N) is 3. The van der Waals surface area contributed by atoms with Crippen molar-refractivity contribution < 1.29 is 14.4 Å². The summed E-state index contributed by atoms with van der Waals surface area (Å²) in [5, 5.41) is 12.3. The van der Waals surface area contributed by atoms with Gasteiger partial charge in [0.1, 0.15) is 5.69 Å². The third-order valence-corrected chi connectivity index (χ3v) is 5.32. The van der Waals surface area contributed by atoms with Crippen molar-refractivity contribution in [2.24, 2.45) is 5.73 Å². The van der Waals surface area contributed by atoms with Crippen LogP contribution in [0.15, 0.2) is 67.4 Å². The molecule has 176 valence electrons. The van der Waals surface area contributed by atoms with Gasteiger partial charge in [-0.1, -0.05) is 31.9 Å². The van der Waals surface area contributed by atoms with E-state index in [1.54, 1.807) is 54.7 Å². The molecule has 2 aromatic heterocycles. The van der Waals surface area contributed by atoms with Crippen LogP contribution < -0.4 is 16.4 Å². The third-order valence-electron chi connectivity index (χ3n) is 5.32. The van der Waals surface area contributed by atoms with Crippen LogP contribution in [0.5, 0.6) is 0 Å². The SMILES string of the molecule is C=CC(=O)NC1CCCCC1.NC(=O)c1ccc(NC(=O)c2cccc(-c3ccn[nH]3)n2)cc1. The predicted molar refractivity (Wildman–Crippen MR) is 130 cm³/mol. The van der Waals surface area contributed by atoms with E-state index in [-0.39, 0.29) is 17.5 Å². The lowest BCUT2D eigenvalue weighted by Gasteiger charge is -2.21. The molecule has 0 radical (unpaired) electrons. The van der Waals surface area contributed by atoms with Crippen LogP contribution in [0.2, 0.25) is 0 Å². The number of H-pyrrole nitrogens is 1. The molecule has 0 unspecified atom stereocenters. The number of primary amides is 1. The molecular weight excluding hydrogens is 432 g/mol. The maximum absolute atomic E-state index is 12.3. The van der Waals surface area contributed by atoms with Crippen molar-refractivity contribution >= 4 is 23.4 Å². The Kier molecular flexibility index (Phi) is 8.67. The molecule has 4 rings (SSSR count). The molecule has 2 heterocycles. The average Bonchev–Trinajstić information content (AvgIpc) is 3.41. The second kappa shape index (κ2) is 12.1. The van der Waals surface area contributed by atoms with Gasteiger partial charge in [0, 0.05) is 23.5 Å². The first kappa shape index (κ1) is 24.4. The fourth-order valence-corrected chi connectivity index (χ4v) is 3.53. The molecule has 0 atom stereocenters. The van der Waals surface area contributed by atoms with E-state index in [0.29, 0.717) is 23.0 Å². The van der Waals surface area contributed by atoms with Gasteiger partial charge >= 0.3 is 0 Å². The molecule has 34 heavy (non-hydrogen) atoms. The van der Waals surface area contributed by atoms with E-state index in [4.69, 9.17) is 5.73 Å². The Hall–Kier alpha value is -4.27. The lowest BCUT2D eigenvalue weighted by Crippen LogP contribution is -2.34. The van der Waals surface area contributed by atoms with E-state index in [1.807, 2.05) is 0 Å². The minimum atomic E-state index is -0.517. The maximum Gasteiger partial charge on any atom is 0.274 e. The number of nitrogens with two attached hydrogens (primary N) is 1. The summed E-state index contributed by atoms with van der Waals surface area (Å²) >= 11 is 0. The highest BCUT2D eigenvalue weighted by Gasteiger charge is 2.13. The second-order valence-electron chi connectivity index (χ2n) is 7.82. The van der Waals surface area contributed by atoms with Crippen LogP contribution in [0.25, 0.3) is 11.4 Å². The van der Waals surface area contributed by atoms with Gasteiger partial charge < -0.3 is 16.4 Å². The molecule has 3 aromatic rings. The number of amides is 3. The third kappa shape index (κ3) is 7.13. The summed E-state index contributed by atoms with van der Waals surface area (Å²) in [5.74, 6) is -0.896. The molecule has 9 nitrogen and oxygen atoms in total. The number of carbonyl (C=O) groups excluding carboxylic acids is 3. The van der Waals surface area contributed by atoms with Crippen molar-refractivity contribution in [3.8, 4) is 11.4 Å². The topological polar surface area (TPSA) is 143 Å². The first-order valence-electron chi connectivity index (χ1n) is 11.1. The Labute approximate surface area is 197 Å². The molecule has 1 saturated carbocycles. The lowest BCUT2D eigenvalue weighted by molar-refractivity contribution is -0.117. The monoisotopic (exact) mass is 460 g/mol. The van der Waals surface area contributed by atoms with Crippen molar-refractivity contribution in [1.29, 1.82) is 0 Å². The zero-order valence-electron chi connectivity index (χ0n) is 18.8. The van der Waals surface area contributed by atoms with E-state index in [1.165, 1.54) is 25.3 Å². The van der Waals surface area contributed by atoms with Crippen molar-refractivity contribution in [3.05, 3.63) is 78.6 Å². The summed E-state index contributed by atoms with van der Waals surface area (Å²) in [6.45, 7) is 3.41. The largest absolute Gasteiger partial charge is 0.366 e. The number of hydrogen-bond acceptors (Lipinski definition) is 5. The van der Waals surface area contributed by atoms with Gasteiger partial charge in [-0.25, -0.2) is 4.98 Å². The normalized spacial score (nSPS) is 13.2. The summed E-state index contributed by atoms with van der Waals surface area (Å²) in [4.78, 5) is 38.4. The predicted octanol–water partition coefficient (Wildman–Crippen LogP) is 3.44. The second-order valence-corrected chi connectivity index (χ2v) is 7.82. The summed E-state index contributed by atoms with van der Waals surface area (Å²) in [6.07, 6.45) is 9.06. The van der Waals surface area contributed by atoms with E-state index in [2.05, 4.69) is 32.4 Å². The van der Waals surface area contributed by atoms with Crippen LogP contribution in [-0.4, -0.2) is 38.9 Å². The van der Waals surface area contributed by atoms with E-state index < -0.39 is 5.91 Å². The van der Waals surface area contributed by atoms with Crippen LogP contribution in [0.3, 0.4) is 0 Å². The van der Waals surface area contributed by atoms with Gasteiger partial charge in [0.25, 0.3) is 5.91 Å². The number of anilines is 1. The molecule has 1 aliphatic carbocycles. The Morgan fingerprint density at radius 2 is 1.76 bits per heavy atom. The van der Waals surface area contributed by atoms with Crippen molar-refractivity contribution in [3.63, 3.8) is 0 Å². The number of nitrogens with zero attached hydrogens (tertiary/aromatic N) is 2. The molecule has 0 saturated heterocycles. The van der Waals surface area contributed by atoms with Crippen LogP contribution in [-0.2, 0) is 4.79 Å². The molecule has 0 aliphatic heterocycles. The fourth-order valence-electron chi connectivity index (χ4n) is 3.53. The Morgan fingerprint density at radius 3 is 2.38 bits per heavy atom. The summed E-state index contributed by atoms with van der Waals surface area (Å²) in [6, 6.07) is 13.6. The summed E-state index contributed by atoms with van der Waals surface area (Å²) in [7, 11) is 0. The molecular formula is C25H28N6O3. The number of hydrogen-bond donors (Lipinski definition) is 4. The minimum Gasteiger partial charge on any atom is -0.366 e. The molecule has 5 N–H and O–H groups in total. The summed E-state index contributed by atoms with van der Waals surface area (Å²) in [5.41, 5.74) is 7.73. The average molecular weight is 461 g/mol. The molecule has 3 amide bonds. The van der Waals surface area contributed by atoms with Crippen LogP contribution in [0, 0.1) is 0 Å². The Morgan fingerprint density at radius 1 is 1.03 bits per heavy atom. The quantitative estimate of drug-likeness (QED) is 0.417. The van der Waals surface area contributed by atoms with Crippen LogP contribution in [0.4, 0.5) is 5.69 Å². The highest BCUT2D eigenvalue weighted by atomic mass is 16.2. The van der Waals surface area contributed by atoms with Crippen molar-refractivity contribution in [2.75, 3.05) is 5.32 Å². The van der Waals surface area contributed by atoms with Gasteiger partial charge in [0.15, 0.2) is 0 Å². The van der Waals surface area contributed by atoms with Gasteiger partial charge in [0.2, 0.25) is 11.8 Å². The first-order chi connectivity index (χ1) is 16.5. The Bertz CT molecular complexity index is 1120. The number of pyridine rings is 1. The molecule has 1 aromatic carbocycles.